The summed E-state index contributed by atoms with van der Waals surface area (Å²) < 4.78 is 25.9. The molecule has 1 aliphatic rings. The van der Waals surface area contributed by atoms with E-state index in [4.69, 9.17) is 0 Å². The van der Waals surface area contributed by atoms with Crippen LogP contribution < -0.4 is 4.72 Å². The van der Waals surface area contributed by atoms with E-state index in [2.05, 4.69) is 35.3 Å². The normalized spacial score (nSPS) is 21.0. The predicted octanol–water partition coefficient (Wildman–Crippen LogP) is 1.90. The minimum Gasteiger partial charge on any atom is -0.296 e. The van der Waals surface area contributed by atoms with Crippen molar-refractivity contribution in [1.29, 1.82) is 0 Å². The largest absolute Gasteiger partial charge is 0.296 e. The first-order chi connectivity index (χ1) is 10.9. The second kappa shape index (κ2) is 7.75. The second-order valence-corrected chi connectivity index (χ2v) is 8.37. The molecule has 1 heterocycles. The average Bonchev–Trinajstić information content (AvgIpc) is 2.55. The molecular weight excluding hydrogens is 310 g/mol. The summed E-state index contributed by atoms with van der Waals surface area (Å²) in [5.74, 6) is 0. The molecule has 5 nitrogen and oxygen atoms in total. The number of rotatable bonds is 6. The smallest absolute Gasteiger partial charge is 0.240 e. The molecule has 0 bridgehead atoms. The number of piperazine rings is 1. The van der Waals surface area contributed by atoms with Crippen molar-refractivity contribution < 1.29 is 8.42 Å². The first kappa shape index (κ1) is 18.4. The Morgan fingerprint density at radius 1 is 1.22 bits per heavy atom. The summed E-state index contributed by atoms with van der Waals surface area (Å²) in [5, 5.41) is 0. The van der Waals surface area contributed by atoms with E-state index in [0.717, 1.165) is 38.2 Å². The van der Waals surface area contributed by atoms with Gasteiger partial charge in [0.1, 0.15) is 0 Å². The van der Waals surface area contributed by atoms with Crippen LogP contribution in [0.1, 0.15) is 32.8 Å². The summed E-state index contributed by atoms with van der Waals surface area (Å²) in [6, 6.07) is 8.40. The third kappa shape index (κ3) is 4.53. The van der Waals surface area contributed by atoms with Crippen molar-refractivity contribution in [2.75, 3.05) is 26.7 Å². The number of benzene rings is 1. The molecule has 6 heteroatoms. The average molecular weight is 340 g/mol. The SMILES string of the molecule is CCC1CN(Cc2ccc(S(=O)(=O)NC)cc2)CCN1C(C)C. The highest BCUT2D eigenvalue weighted by molar-refractivity contribution is 7.89. The lowest BCUT2D eigenvalue weighted by Crippen LogP contribution is -2.54. The summed E-state index contributed by atoms with van der Waals surface area (Å²) in [7, 11) is -1.91. The summed E-state index contributed by atoms with van der Waals surface area (Å²) in [4.78, 5) is 5.37. The zero-order valence-electron chi connectivity index (χ0n) is 14.6. The van der Waals surface area contributed by atoms with Gasteiger partial charge in [0, 0.05) is 38.3 Å². The molecule has 1 fully saturated rings. The molecule has 1 atom stereocenters. The summed E-state index contributed by atoms with van der Waals surface area (Å²) in [5.41, 5.74) is 1.16. The first-order valence-electron chi connectivity index (χ1n) is 8.38. The van der Waals surface area contributed by atoms with E-state index in [1.54, 1.807) is 12.1 Å². The van der Waals surface area contributed by atoms with E-state index in [0.29, 0.717) is 17.0 Å². The van der Waals surface area contributed by atoms with Gasteiger partial charge in [-0.2, -0.15) is 0 Å². The number of hydrogen-bond donors (Lipinski definition) is 1. The fourth-order valence-electron chi connectivity index (χ4n) is 3.27. The summed E-state index contributed by atoms with van der Waals surface area (Å²) >= 11 is 0. The van der Waals surface area contributed by atoms with Gasteiger partial charge >= 0.3 is 0 Å². The van der Waals surface area contributed by atoms with Gasteiger partial charge in [0.15, 0.2) is 0 Å². The highest BCUT2D eigenvalue weighted by Gasteiger charge is 2.27. The molecule has 1 aromatic rings. The molecule has 1 aromatic carbocycles. The van der Waals surface area contributed by atoms with Crippen molar-refractivity contribution in [3.05, 3.63) is 29.8 Å². The number of sulfonamides is 1. The zero-order valence-corrected chi connectivity index (χ0v) is 15.4. The first-order valence-corrected chi connectivity index (χ1v) is 9.86. The van der Waals surface area contributed by atoms with Crippen LogP contribution in [0.3, 0.4) is 0 Å². The Morgan fingerprint density at radius 2 is 1.87 bits per heavy atom. The van der Waals surface area contributed by atoms with Crippen LogP contribution >= 0.6 is 0 Å². The van der Waals surface area contributed by atoms with Gasteiger partial charge in [0.2, 0.25) is 10.0 Å². The van der Waals surface area contributed by atoms with Crippen LogP contribution in [-0.4, -0.2) is 57.0 Å². The van der Waals surface area contributed by atoms with Crippen molar-refractivity contribution in [1.82, 2.24) is 14.5 Å². The number of hydrogen-bond acceptors (Lipinski definition) is 4. The van der Waals surface area contributed by atoms with Gasteiger partial charge in [-0.3, -0.25) is 9.80 Å². The zero-order chi connectivity index (χ0) is 17.0. The van der Waals surface area contributed by atoms with Crippen LogP contribution in [0.5, 0.6) is 0 Å². The lowest BCUT2D eigenvalue weighted by atomic mass is 10.1. The van der Waals surface area contributed by atoms with Gasteiger partial charge in [0.05, 0.1) is 4.90 Å². The van der Waals surface area contributed by atoms with Gasteiger partial charge in [0.25, 0.3) is 0 Å². The van der Waals surface area contributed by atoms with Crippen LogP contribution in [0.4, 0.5) is 0 Å². The standard InChI is InChI=1S/C17H29N3O2S/c1-5-16-13-19(10-11-20(16)14(2)3)12-15-6-8-17(9-7-15)23(21,22)18-4/h6-9,14,16,18H,5,10-13H2,1-4H3. The molecule has 1 aliphatic heterocycles. The highest BCUT2D eigenvalue weighted by atomic mass is 32.2. The van der Waals surface area contributed by atoms with Crippen molar-refractivity contribution in [2.24, 2.45) is 0 Å². The summed E-state index contributed by atoms with van der Waals surface area (Å²) in [6.07, 6.45) is 1.16. The van der Waals surface area contributed by atoms with Crippen LogP contribution in [0, 0.1) is 0 Å². The topological polar surface area (TPSA) is 52.7 Å². The van der Waals surface area contributed by atoms with E-state index in [9.17, 15) is 8.42 Å². The van der Waals surface area contributed by atoms with Gasteiger partial charge < -0.3 is 0 Å². The van der Waals surface area contributed by atoms with E-state index in [1.165, 1.54) is 7.05 Å². The van der Waals surface area contributed by atoms with Crippen molar-refractivity contribution in [3.63, 3.8) is 0 Å². The quantitative estimate of drug-likeness (QED) is 0.860. The molecule has 0 aliphatic carbocycles. The van der Waals surface area contributed by atoms with Crippen molar-refractivity contribution in [2.45, 2.75) is 50.7 Å². The third-order valence-corrected chi connectivity index (χ3v) is 6.09. The fraction of sp³-hybridized carbons (Fsp3) is 0.647. The van der Waals surface area contributed by atoms with E-state index in [-0.39, 0.29) is 0 Å². The molecule has 1 unspecified atom stereocenters. The Labute approximate surface area is 140 Å². The van der Waals surface area contributed by atoms with Gasteiger partial charge in [-0.25, -0.2) is 13.1 Å². The Balaban J connectivity index is 2.00. The van der Waals surface area contributed by atoms with Gasteiger partial charge in [-0.15, -0.1) is 0 Å². The van der Waals surface area contributed by atoms with E-state index in [1.807, 2.05) is 12.1 Å². The molecule has 23 heavy (non-hydrogen) atoms. The third-order valence-electron chi connectivity index (χ3n) is 4.66. The highest BCUT2D eigenvalue weighted by Crippen LogP contribution is 2.18. The predicted molar refractivity (Wildman–Crippen MR) is 93.9 cm³/mol. The maximum absolute atomic E-state index is 11.8. The lowest BCUT2D eigenvalue weighted by molar-refractivity contribution is 0.0457. The molecule has 1 saturated heterocycles. The van der Waals surface area contributed by atoms with Gasteiger partial charge in [-0.1, -0.05) is 19.1 Å². The lowest BCUT2D eigenvalue weighted by Gasteiger charge is -2.43. The molecule has 0 amide bonds. The van der Waals surface area contributed by atoms with Crippen LogP contribution in [0.15, 0.2) is 29.2 Å². The van der Waals surface area contributed by atoms with E-state index >= 15 is 0 Å². The molecule has 0 aromatic heterocycles. The number of nitrogens with zero attached hydrogens (tertiary/aromatic N) is 2. The Morgan fingerprint density at radius 3 is 2.39 bits per heavy atom. The van der Waals surface area contributed by atoms with Crippen LogP contribution in [0.2, 0.25) is 0 Å². The summed E-state index contributed by atoms with van der Waals surface area (Å²) in [6.45, 7) is 10.9. The van der Waals surface area contributed by atoms with Crippen LogP contribution in [0.25, 0.3) is 0 Å². The molecule has 0 spiro atoms. The van der Waals surface area contributed by atoms with Gasteiger partial charge in [-0.05, 0) is 45.0 Å². The molecular formula is C17H29N3O2S. The molecule has 2 rings (SSSR count). The minimum absolute atomic E-state index is 0.319. The fourth-order valence-corrected chi connectivity index (χ4v) is 4.00. The monoisotopic (exact) mass is 339 g/mol. The van der Waals surface area contributed by atoms with E-state index < -0.39 is 10.0 Å². The van der Waals surface area contributed by atoms with Crippen LogP contribution in [-0.2, 0) is 16.6 Å². The Kier molecular flexibility index (Phi) is 6.19. The molecule has 1 N–H and O–H groups in total. The second-order valence-electron chi connectivity index (χ2n) is 6.48. The van der Waals surface area contributed by atoms with Crippen molar-refractivity contribution in [3.8, 4) is 0 Å². The maximum Gasteiger partial charge on any atom is 0.240 e. The number of nitrogens with one attached hydrogen (secondary N) is 1. The molecule has 130 valence electrons. The molecule has 0 saturated carbocycles. The Hall–Kier alpha value is -0.950. The van der Waals surface area contributed by atoms with Crippen molar-refractivity contribution >= 4 is 10.0 Å². The molecule has 0 radical (unpaired) electrons. The minimum atomic E-state index is -3.35. The Bertz CT molecular complexity index is 599. The maximum atomic E-state index is 11.8.